The van der Waals surface area contributed by atoms with E-state index in [2.05, 4.69) is 10.2 Å². The molecular formula is C33H34N2O13S2. The van der Waals surface area contributed by atoms with Gasteiger partial charge in [0, 0.05) is 23.4 Å². The Bertz CT molecular complexity index is 2090. The van der Waals surface area contributed by atoms with Gasteiger partial charge in [0.15, 0.2) is 17.3 Å². The molecule has 0 N–H and O–H groups in total. The fourth-order valence-corrected chi connectivity index (χ4v) is 6.34. The lowest BCUT2D eigenvalue weighted by Gasteiger charge is -2.17. The smallest absolute Gasteiger partial charge is 0.431 e. The number of fused-ring (bicyclic) bond motifs is 1. The fourth-order valence-electron chi connectivity index (χ4n) is 4.77. The van der Waals surface area contributed by atoms with Crippen LogP contribution in [0.15, 0.2) is 72.3 Å². The van der Waals surface area contributed by atoms with Crippen molar-refractivity contribution in [1.82, 2.24) is 10.2 Å². The van der Waals surface area contributed by atoms with Crippen LogP contribution in [0.4, 0.5) is 0 Å². The van der Waals surface area contributed by atoms with Crippen LogP contribution in [0, 0.1) is 0 Å². The molecule has 0 atom stereocenters. The van der Waals surface area contributed by atoms with Gasteiger partial charge in [-0.3, -0.25) is 4.79 Å². The van der Waals surface area contributed by atoms with E-state index in [4.69, 9.17) is 46.2 Å². The fraction of sp³-hybridized carbons (Fsp3) is 0.303. The van der Waals surface area contributed by atoms with Crippen molar-refractivity contribution in [2.45, 2.75) is 23.0 Å². The topological polar surface area (TPSA) is 177 Å². The van der Waals surface area contributed by atoms with Gasteiger partial charge in [-0.15, -0.1) is 0 Å². The highest BCUT2D eigenvalue weighted by atomic mass is 32.2. The average molecular weight is 731 g/mol. The second kappa shape index (κ2) is 15.9. The van der Waals surface area contributed by atoms with E-state index in [9.17, 15) is 13.2 Å². The first kappa shape index (κ1) is 36.0. The van der Waals surface area contributed by atoms with Crippen molar-refractivity contribution < 1.29 is 54.6 Å². The number of hydrogen-bond donors (Lipinski definition) is 0. The lowest BCUT2D eigenvalue weighted by Crippen LogP contribution is -2.12. The quantitative estimate of drug-likeness (QED) is 0.0654. The van der Waals surface area contributed by atoms with Gasteiger partial charge in [0.05, 0.1) is 49.3 Å². The second-order valence-corrected chi connectivity index (χ2v) is 12.7. The van der Waals surface area contributed by atoms with Crippen molar-refractivity contribution in [2.24, 2.45) is 0 Å². The number of aromatic nitrogens is 2. The number of ether oxygens (including phenoxy) is 7. The summed E-state index contributed by atoms with van der Waals surface area (Å²) in [5, 5.41) is 7.81. The molecule has 17 heteroatoms. The third kappa shape index (κ3) is 7.78. The highest BCUT2D eigenvalue weighted by Crippen LogP contribution is 2.44. The molecule has 5 rings (SSSR count). The van der Waals surface area contributed by atoms with Crippen molar-refractivity contribution >= 4 is 32.8 Å². The predicted molar refractivity (Wildman–Crippen MR) is 181 cm³/mol. The monoisotopic (exact) mass is 730 g/mol. The third-order valence-electron chi connectivity index (χ3n) is 7.20. The molecule has 2 aromatic heterocycles. The van der Waals surface area contributed by atoms with Crippen LogP contribution in [0.25, 0.3) is 22.3 Å². The molecule has 15 nitrogen and oxygen atoms in total. The molecule has 0 spiro atoms. The molecule has 0 fully saturated rings. The van der Waals surface area contributed by atoms with E-state index in [1.807, 2.05) is 0 Å². The molecule has 0 saturated heterocycles. The number of thioether (sulfide) groups is 1. The highest BCUT2D eigenvalue weighted by Gasteiger charge is 2.25. The third-order valence-corrected chi connectivity index (χ3v) is 9.32. The number of nitrogens with zero attached hydrogens (tertiary/aromatic N) is 2. The molecule has 3 aromatic carbocycles. The molecule has 0 bridgehead atoms. The number of unbranched alkanes of at least 4 members (excludes halogenated alkanes) is 1. The van der Waals surface area contributed by atoms with E-state index < -0.39 is 21.6 Å². The standard InChI is InChI=1S/C33H34N2O13S2/c1-39-20-9-11-22(12-10-20)50(37,38)48-32-34-35-33(47-32)49-14-8-7-13-45-31-28(36)27-23(41-3)17-21(40-2)18-24(27)46-29(31)19-15-25(42-4)30(44-6)26(16-19)43-5/h9-12,15-18H,7-8,13-14H2,1-6H3. The number of rotatable bonds is 17. The van der Waals surface area contributed by atoms with E-state index >= 15 is 0 Å². The van der Waals surface area contributed by atoms with Gasteiger partial charge >= 0.3 is 16.2 Å². The molecule has 0 amide bonds. The molecule has 0 aliphatic heterocycles. The Balaban J connectivity index is 1.30. The van der Waals surface area contributed by atoms with Crippen LogP contribution in [0.1, 0.15) is 12.8 Å². The van der Waals surface area contributed by atoms with E-state index in [0.717, 1.165) is 0 Å². The van der Waals surface area contributed by atoms with Gasteiger partial charge in [0.1, 0.15) is 33.1 Å². The molecule has 5 aromatic rings. The molecule has 266 valence electrons. The first-order valence-corrected chi connectivity index (χ1v) is 17.3. The number of hydrogen-bond acceptors (Lipinski definition) is 16. The Morgan fingerprint density at radius 2 is 1.40 bits per heavy atom. The van der Waals surface area contributed by atoms with Crippen molar-refractivity contribution in [3.63, 3.8) is 0 Å². The zero-order chi connectivity index (χ0) is 35.8. The normalized spacial score (nSPS) is 11.2. The molecule has 2 heterocycles. The van der Waals surface area contributed by atoms with Crippen LogP contribution in [-0.4, -0.2) is 73.6 Å². The summed E-state index contributed by atoms with van der Waals surface area (Å²) in [4.78, 5) is 13.9. The lowest BCUT2D eigenvalue weighted by molar-refractivity contribution is 0.301. The molecule has 0 saturated carbocycles. The molecule has 0 radical (unpaired) electrons. The Hall–Kier alpha value is -5.29. The van der Waals surface area contributed by atoms with Crippen molar-refractivity contribution in [1.29, 1.82) is 0 Å². The summed E-state index contributed by atoms with van der Waals surface area (Å²) in [6.45, 7) is 0.144. The largest absolute Gasteiger partial charge is 0.497 e. The second-order valence-electron chi connectivity index (χ2n) is 10.2. The zero-order valence-electron chi connectivity index (χ0n) is 28.0. The van der Waals surface area contributed by atoms with Gasteiger partial charge in [-0.05, 0) is 49.2 Å². The summed E-state index contributed by atoms with van der Waals surface area (Å²) in [6, 6.07) is 12.1. The predicted octanol–water partition coefficient (Wildman–Crippen LogP) is 5.61. The summed E-state index contributed by atoms with van der Waals surface area (Å²) in [7, 11) is 4.67. The van der Waals surface area contributed by atoms with Crippen molar-refractivity contribution in [2.75, 3.05) is 55.0 Å². The molecule has 0 aliphatic rings. The molecular weight excluding hydrogens is 696 g/mol. The maximum atomic E-state index is 14.0. The Kier molecular flexibility index (Phi) is 11.5. The van der Waals surface area contributed by atoms with Gasteiger partial charge in [-0.25, -0.2) is 0 Å². The minimum absolute atomic E-state index is 0.0420. The minimum Gasteiger partial charge on any atom is -0.497 e. The van der Waals surface area contributed by atoms with E-state index in [-0.39, 0.29) is 45.0 Å². The van der Waals surface area contributed by atoms with Crippen molar-refractivity contribution in [3.8, 4) is 57.6 Å². The first-order valence-electron chi connectivity index (χ1n) is 14.9. The van der Waals surface area contributed by atoms with Gasteiger partial charge in [-0.1, -0.05) is 22.0 Å². The van der Waals surface area contributed by atoms with Crippen LogP contribution in [0.2, 0.25) is 0 Å². The zero-order valence-corrected chi connectivity index (χ0v) is 29.6. The van der Waals surface area contributed by atoms with Crippen molar-refractivity contribution in [3.05, 3.63) is 58.8 Å². The number of methoxy groups -OCH3 is 6. The molecule has 50 heavy (non-hydrogen) atoms. The van der Waals surface area contributed by atoms with Crippen LogP contribution < -0.4 is 42.8 Å². The first-order chi connectivity index (χ1) is 24.2. The maximum absolute atomic E-state index is 14.0. The minimum atomic E-state index is -4.19. The number of benzene rings is 3. The highest BCUT2D eigenvalue weighted by molar-refractivity contribution is 7.99. The lowest BCUT2D eigenvalue weighted by atomic mass is 10.1. The SMILES string of the molecule is COc1ccc(S(=O)(=O)Oc2nnc(SCCCCOc3c(-c4cc(OC)c(OC)c(OC)c4)oc4cc(OC)cc(OC)c4c3=O)o2)cc1. The maximum Gasteiger partial charge on any atom is 0.431 e. The Labute approximate surface area is 291 Å². The Morgan fingerprint density at radius 3 is 2.02 bits per heavy atom. The summed E-state index contributed by atoms with van der Waals surface area (Å²) >= 11 is 1.20. The summed E-state index contributed by atoms with van der Waals surface area (Å²) < 4.78 is 80.3. The summed E-state index contributed by atoms with van der Waals surface area (Å²) in [6.07, 6.45) is 0.608. The van der Waals surface area contributed by atoms with Gasteiger partial charge in [-0.2, -0.15) is 8.42 Å². The van der Waals surface area contributed by atoms with E-state index in [1.54, 1.807) is 24.3 Å². The van der Waals surface area contributed by atoms with E-state index in [1.165, 1.54) is 78.7 Å². The van der Waals surface area contributed by atoms with Crippen LogP contribution in [-0.2, 0) is 10.1 Å². The van der Waals surface area contributed by atoms with Crippen LogP contribution in [0.5, 0.6) is 46.3 Å². The molecule has 0 unspecified atom stereocenters. The van der Waals surface area contributed by atoms with E-state index in [0.29, 0.717) is 52.9 Å². The van der Waals surface area contributed by atoms with Gasteiger partial charge in [0.25, 0.3) is 5.22 Å². The van der Waals surface area contributed by atoms with Crippen LogP contribution in [0.3, 0.4) is 0 Å². The molecule has 0 aliphatic carbocycles. The average Bonchev–Trinajstić information content (AvgIpc) is 3.58. The Morgan fingerprint density at radius 1 is 0.720 bits per heavy atom. The van der Waals surface area contributed by atoms with Crippen LogP contribution >= 0.6 is 11.8 Å². The summed E-state index contributed by atoms with van der Waals surface area (Å²) in [5.74, 6) is 2.84. The summed E-state index contributed by atoms with van der Waals surface area (Å²) in [5.41, 5.74) is 0.208. The van der Waals surface area contributed by atoms with Gasteiger partial charge in [0.2, 0.25) is 16.9 Å². The van der Waals surface area contributed by atoms with Gasteiger partial charge < -0.3 is 46.2 Å².